The minimum atomic E-state index is -0.116. The number of imidazole rings is 1. The molecule has 4 aromatic rings. The van der Waals surface area contributed by atoms with Crippen LogP contribution in [-0.2, 0) is 4.79 Å². The minimum absolute atomic E-state index is 0.0362. The molecule has 2 aromatic carbocycles. The van der Waals surface area contributed by atoms with E-state index in [2.05, 4.69) is 31.2 Å². The standard InChI is InChI=1S/C22H21BrN4O2S/c1-29-18-7-6-13(22-26-15-4-2-3-5-16(15)27-22)10-17(18)25-21(28)11-14(12-24)19-8-9-20(23)30-19/h2-10,14H,11-12,24H2,1H3,(H,25,28)(H,26,27). The molecule has 1 atom stereocenters. The Kier molecular flexibility index (Phi) is 6.17. The molecule has 4 rings (SSSR count). The SMILES string of the molecule is COc1ccc(-c2nc3ccccc3[nH]2)cc1NC(=O)CC(CN)c1ccc(Br)s1. The van der Waals surface area contributed by atoms with Crippen molar-refractivity contribution in [3.8, 4) is 17.1 Å². The summed E-state index contributed by atoms with van der Waals surface area (Å²) in [6.45, 7) is 0.399. The van der Waals surface area contributed by atoms with Crippen molar-refractivity contribution >= 4 is 49.9 Å². The number of nitrogens with two attached hydrogens (primary N) is 1. The number of H-pyrrole nitrogens is 1. The van der Waals surface area contributed by atoms with E-state index in [-0.39, 0.29) is 11.8 Å². The van der Waals surface area contributed by atoms with Crippen molar-refractivity contribution < 1.29 is 9.53 Å². The third-order valence-corrected chi connectivity index (χ3v) is 6.64. The number of halogens is 1. The molecule has 0 aliphatic heterocycles. The van der Waals surface area contributed by atoms with Crippen LogP contribution in [0.15, 0.2) is 58.4 Å². The van der Waals surface area contributed by atoms with Gasteiger partial charge in [-0.3, -0.25) is 4.79 Å². The minimum Gasteiger partial charge on any atom is -0.495 e. The predicted octanol–water partition coefficient (Wildman–Crippen LogP) is 5.13. The summed E-state index contributed by atoms with van der Waals surface area (Å²) in [5, 5.41) is 2.98. The first kappa shape index (κ1) is 20.6. The maximum Gasteiger partial charge on any atom is 0.225 e. The fraction of sp³-hybridized carbons (Fsp3) is 0.182. The van der Waals surface area contributed by atoms with Gasteiger partial charge >= 0.3 is 0 Å². The van der Waals surface area contributed by atoms with Gasteiger partial charge in [0.1, 0.15) is 11.6 Å². The number of fused-ring (bicyclic) bond motifs is 1. The molecule has 0 saturated carbocycles. The van der Waals surface area contributed by atoms with E-state index in [4.69, 9.17) is 10.5 Å². The highest BCUT2D eigenvalue weighted by Crippen LogP contribution is 2.33. The molecule has 0 fully saturated rings. The topological polar surface area (TPSA) is 93.0 Å². The summed E-state index contributed by atoms with van der Waals surface area (Å²) in [6, 6.07) is 17.4. The summed E-state index contributed by atoms with van der Waals surface area (Å²) in [4.78, 5) is 21.8. The van der Waals surface area contributed by atoms with Gasteiger partial charge < -0.3 is 20.8 Å². The molecule has 6 nitrogen and oxygen atoms in total. The molecule has 2 aromatic heterocycles. The Morgan fingerprint density at radius 2 is 2.10 bits per heavy atom. The lowest BCUT2D eigenvalue weighted by Crippen LogP contribution is -2.20. The van der Waals surface area contributed by atoms with Crippen LogP contribution in [-0.4, -0.2) is 29.5 Å². The number of methoxy groups -OCH3 is 1. The number of hydrogen-bond donors (Lipinski definition) is 3. The Morgan fingerprint density at radius 1 is 1.27 bits per heavy atom. The van der Waals surface area contributed by atoms with Gasteiger partial charge in [0.05, 0.1) is 27.6 Å². The third-order valence-electron chi connectivity index (χ3n) is 4.85. The number of aromatic nitrogens is 2. The maximum atomic E-state index is 12.8. The molecular weight excluding hydrogens is 464 g/mol. The lowest BCUT2D eigenvalue weighted by atomic mass is 10.0. The first-order chi connectivity index (χ1) is 14.6. The maximum absolute atomic E-state index is 12.8. The van der Waals surface area contributed by atoms with Crippen molar-refractivity contribution in [2.24, 2.45) is 5.73 Å². The van der Waals surface area contributed by atoms with Gasteiger partial charge in [-0.15, -0.1) is 11.3 Å². The predicted molar refractivity (Wildman–Crippen MR) is 125 cm³/mol. The van der Waals surface area contributed by atoms with Crippen LogP contribution in [0.2, 0.25) is 0 Å². The van der Waals surface area contributed by atoms with Crippen LogP contribution < -0.4 is 15.8 Å². The van der Waals surface area contributed by atoms with E-state index >= 15 is 0 Å². The number of anilines is 1. The van der Waals surface area contributed by atoms with Gasteiger partial charge in [0.15, 0.2) is 0 Å². The number of hydrogen-bond acceptors (Lipinski definition) is 5. The van der Waals surface area contributed by atoms with Crippen molar-refractivity contribution in [1.29, 1.82) is 0 Å². The van der Waals surface area contributed by atoms with E-state index in [1.165, 1.54) is 0 Å². The van der Waals surface area contributed by atoms with Crippen LogP contribution in [0.5, 0.6) is 5.75 Å². The summed E-state index contributed by atoms with van der Waals surface area (Å²) < 4.78 is 6.47. The highest BCUT2D eigenvalue weighted by atomic mass is 79.9. The van der Waals surface area contributed by atoms with E-state index in [1.54, 1.807) is 18.4 Å². The smallest absolute Gasteiger partial charge is 0.225 e. The molecule has 0 spiro atoms. The first-order valence-electron chi connectivity index (χ1n) is 9.45. The Bertz CT molecular complexity index is 1150. The summed E-state index contributed by atoms with van der Waals surface area (Å²) >= 11 is 5.06. The van der Waals surface area contributed by atoms with Gasteiger partial charge in [-0.1, -0.05) is 12.1 Å². The zero-order valence-corrected chi connectivity index (χ0v) is 18.7. The molecule has 1 amide bonds. The molecule has 0 bridgehead atoms. The monoisotopic (exact) mass is 484 g/mol. The normalized spacial score (nSPS) is 12.1. The number of carbonyl (C=O) groups excluding carboxylic acids is 1. The molecule has 8 heteroatoms. The lowest BCUT2D eigenvalue weighted by molar-refractivity contribution is -0.116. The van der Waals surface area contributed by atoms with Gasteiger partial charge in [0.25, 0.3) is 0 Å². The first-order valence-corrected chi connectivity index (χ1v) is 11.1. The van der Waals surface area contributed by atoms with Crippen LogP contribution in [0.1, 0.15) is 17.2 Å². The van der Waals surface area contributed by atoms with Crippen LogP contribution in [0.25, 0.3) is 22.4 Å². The number of nitrogens with zero attached hydrogens (tertiary/aromatic N) is 1. The van der Waals surface area contributed by atoms with Crippen LogP contribution in [0, 0.1) is 0 Å². The number of rotatable bonds is 7. The molecule has 0 aliphatic carbocycles. The summed E-state index contributed by atoms with van der Waals surface area (Å²) in [7, 11) is 1.58. The second kappa shape index (κ2) is 8.99. The van der Waals surface area contributed by atoms with Crippen LogP contribution in [0.3, 0.4) is 0 Å². The molecule has 0 saturated heterocycles. The van der Waals surface area contributed by atoms with Gasteiger partial charge in [0, 0.05) is 29.3 Å². The fourth-order valence-corrected chi connectivity index (χ4v) is 4.85. The van der Waals surface area contributed by atoms with E-state index in [0.29, 0.717) is 24.4 Å². The number of amides is 1. The Labute approximate surface area is 186 Å². The zero-order chi connectivity index (χ0) is 21.1. The van der Waals surface area contributed by atoms with Crippen molar-refractivity contribution in [2.75, 3.05) is 19.0 Å². The summed E-state index contributed by atoms with van der Waals surface area (Å²) in [5.74, 6) is 1.17. The summed E-state index contributed by atoms with van der Waals surface area (Å²) in [6.07, 6.45) is 0.293. The van der Waals surface area contributed by atoms with Crippen LogP contribution in [0.4, 0.5) is 5.69 Å². The fourth-order valence-electron chi connectivity index (χ4n) is 3.32. The molecule has 0 radical (unpaired) electrons. The van der Waals surface area contributed by atoms with E-state index in [0.717, 1.165) is 31.1 Å². The lowest BCUT2D eigenvalue weighted by Gasteiger charge is -2.15. The zero-order valence-electron chi connectivity index (χ0n) is 16.3. The second-order valence-electron chi connectivity index (χ2n) is 6.84. The number of benzene rings is 2. The van der Waals surface area contributed by atoms with Crippen molar-refractivity contribution in [1.82, 2.24) is 9.97 Å². The molecular formula is C22H21BrN4O2S. The number of nitrogens with one attached hydrogen (secondary N) is 2. The largest absolute Gasteiger partial charge is 0.495 e. The van der Waals surface area contributed by atoms with Gasteiger partial charge in [-0.25, -0.2) is 4.98 Å². The Morgan fingerprint density at radius 3 is 2.80 bits per heavy atom. The van der Waals surface area contributed by atoms with Crippen LogP contribution >= 0.6 is 27.3 Å². The van der Waals surface area contributed by atoms with Gasteiger partial charge in [0.2, 0.25) is 5.91 Å². The average Bonchev–Trinajstić information content (AvgIpc) is 3.38. The number of thiophene rings is 1. The highest BCUT2D eigenvalue weighted by Gasteiger charge is 2.18. The third kappa shape index (κ3) is 4.40. The molecule has 4 N–H and O–H groups in total. The molecule has 0 aliphatic rings. The van der Waals surface area contributed by atoms with Crippen molar-refractivity contribution in [3.63, 3.8) is 0 Å². The average molecular weight is 485 g/mol. The van der Waals surface area contributed by atoms with E-state index in [1.807, 2.05) is 54.6 Å². The van der Waals surface area contributed by atoms with Crippen molar-refractivity contribution in [3.05, 3.63) is 63.3 Å². The Balaban J connectivity index is 1.56. The highest BCUT2D eigenvalue weighted by molar-refractivity contribution is 9.11. The molecule has 154 valence electrons. The van der Waals surface area contributed by atoms with Gasteiger partial charge in [-0.05, 0) is 58.4 Å². The molecule has 30 heavy (non-hydrogen) atoms. The molecule has 2 heterocycles. The Hall–Kier alpha value is -2.68. The number of para-hydroxylation sites is 2. The van der Waals surface area contributed by atoms with E-state index < -0.39 is 0 Å². The number of aromatic amines is 1. The number of carbonyl (C=O) groups is 1. The second-order valence-corrected chi connectivity index (χ2v) is 9.34. The molecule has 1 unspecified atom stereocenters. The van der Waals surface area contributed by atoms with E-state index in [9.17, 15) is 4.79 Å². The summed E-state index contributed by atoms with van der Waals surface area (Å²) in [5.41, 5.74) is 9.24. The van der Waals surface area contributed by atoms with Gasteiger partial charge in [-0.2, -0.15) is 0 Å². The van der Waals surface area contributed by atoms with Crippen molar-refractivity contribution in [2.45, 2.75) is 12.3 Å². The quantitative estimate of drug-likeness (QED) is 0.338. The number of ether oxygens (including phenoxy) is 1.